The number of nitrogens with zero attached hydrogens (tertiary/aromatic N) is 2. The third-order valence-corrected chi connectivity index (χ3v) is 3.40. The Bertz CT molecular complexity index is 469. The number of ether oxygens (including phenoxy) is 2. The van der Waals surface area contributed by atoms with Crippen LogP contribution >= 0.6 is 0 Å². The third-order valence-electron chi connectivity index (χ3n) is 3.40. The van der Waals surface area contributed by atoms with E-state index in [1.54, 1.807) is 11.0 Å². The van der Waals surface area contributed by atoms with Crippen LogP contribution in [0.3, 0.4) is 0 Å². The second kappa shape index (κ2) is 4.33. The number of aryl methyl sites for hydroxylation is 1. The van der Waals surface area contributed by atoms with Gasteiger partial charge in [-0.15, -0.1) is 0 Å². The molecule has 0 aliphatic carbocycles. The number of carbonyl (C=O) groups excluding carboxylic acids is 1. The molecule has 1 aromatic heterocycles. The second-order valence-electron chi connectivity index (χ2n) is 4.75. The molecule has 2 aliphatic rings. The van der Waals surface area contributed by atoms with Crippen LogP contribution in [-0.4, -0.2) is 47.9 Å². The lowest BCUT2D eigenvalue weighted by molar-refractivity contribution is -0.143. The predicted molar refractivity (Wildman–Crippen MR) is 64.1 cm³/mol. The first kappa shape index (κ1) is 11.6. The van der Waals surface area contributed by atoms with Gasteiger partial charge in [0.1, 0.15) is 5.69 Å². The smallest absolute Gasteiger partial charge is 0.272 e. The van der Waals surface area contributed by atoms with Crippen LogP contribution in [0.1, 0.15) is 22.6 Å². The normalized spacial score (nSPS) is 21.7. The van der Waals surface area contributed by atoms with Crippen LogP contribution in [-0.2, 0) is 9.47 Å². The van der Waals surface area contributed by atoms with E-state index in [0.717, 1.165) is 12.1 Å². The Morgan fingerprint density at radius 2 is 2.17 bits per heavy atom. The molecule has 2 saturated heterocycles. The third kappa shape index (κ3) is 2.00. The van der Waals surface area contributed by atoms with E-state index in [4.69, 9.17) is 9.47 Å². The molecule has 0 aromatic carbocycles. The molecule has 1 aromatic rings. The minimum atomic E-state index is -0.556. The van der Waals surface area contributed by atoms with Crippen molar-refractivity contribution in [3.8, 4) is 0 Å². The maximum absolute atomic E-state index is 12.3. The maximum atomic E-state index is 12.3. The van der Waals surface area contributed by atoms with Gasteiger partial charge in [0.05, 0.1) is 19.8 Å². The molecular formula is C13H16N2O3. The SMILES string of the molecule is Cc1cccc(C(=O)N2CCC3(C2)OCCO3)n1. The van der Waals surface area contributed by atoms with Crippen LogP contribution in [0, 0.1) is 6.92 Å². The van der Waals surface area contributed by atoms with Crippen LogP contribution in [0.5, 0.6) is 0 Å². The van der Waals surface area contributed by atoms with Crippen molar-refractivity contribution >= 4 is 5.91 Å². The van der Waals surface area contributed by atoms with E-state index < -0.39 is 5.79 Å². The van der Waals surface area contributed by atoms with Crippen molar-refractivity contribution in [3.05, 3.63) is 29.6 Å². The number of rotatable bonds is 1. The van der Waals surface area contributed by atoms with E-state index >= 15 is 0 Å². The molecule has 0 N–H and O–H groups in total. The summed E-state index contributed by atoms with van der Waals surface area (Å²) < 4.78 is 11.2. The van der Waals surface area contributed by atoms with Crippen LogP contribution in [0.15, 0.2) is 18.2 Å². The minimum absolute atomic E-state index is 0.0466. The highest BCUT2D eigenvalue weighted by Gasteiger charge is 2.45. The van der Waals surface area contributed by atoms with Crippen LogP contribution in [0.25, 0.3) is 0 Å². The topological polar surface area (TPSA) is 51.7 Å². The van der Waals surface area contributed by atoms with Gasteiger partial charge in [-0.25, -0.2) is 4.98 Å². The molecule has 5 nitrogen and oxygen atoms in total. The van der Waals surface area contributed by atoms with E-state index in [0.29, 0.717) is 32.0 Å². The molecule has 0 atom stereocenters. The molecule has 1 spiro atoms. The van der Waals surface area contributed by atoms with Gasteiger partial charge >= 0.3 is 0 Å². The molecule has 0 unspecified atom stereocenters. The number of pyridine rings is 1. The number of aromatic nitrogens is 1. The van der Waals surface area contributed by atoms with E-state index in [-0.39, 0.29) is 5.91 Å². The summed E-state index contributed by atoms with van der Waals surface area (Å²) in [5.41, 5.74) is 1.34. The standard InChI is InChI=1S/C13H16N2O3/c1-10-3-2-4-11(14-10)12(16)15-6-5-13(9-15)17-7-8-18-13/h2-4H,5-9H2,1H3. The summed E-state index contributed by atoms with van der Waals surface area (Å²) in [4.78, 5) is 18.3. The lowest BCUT2D eigenvalue weighted by Crippen LogP contribution is -2.37. The molecule has 3 rings (SSSR count). The molecule has 5 heteroatoms. The summed E-state index contributed by atoms with van der Waals surface area (Å²) >= 11 is 0. The predicted octanol–water partition coefficient (Wildman–Crippen LogP) is 0.979. The molecule has 0 radical (unpaired) electrons. The van der Waals surface area contributed by atoms with Crippen LogP contribution in [0.2, 0.25) is 0 Å². The Morgan fingerprint density at radius 3 is 2.89 bits per heavy atom. The van der Waals surface area contributed by atoms with Gasteiger partial charge in [-0.3, -0.25) is 4.79 Å². The van der Waals surface area contributed by atoms with Gasteiger partial charge in [-0.2, -0.15) is 0 Å². The molecule has 3 heterocycles. The van der Waals surface area contributed by atoms with Gasteiger partial charge in [0.2, 0.25) is 0 Å². The van der Waals surface area contributed by atoms with E-state index in [1.807, 2.05) is 19.1 Å². The van der Waals surface area contributed by atoms with Crippen LogP contribution in [0.4, 0.5) is 0 Å². The van der Waals surface area contributed by atoms with Crippen molar-refractivity contribution in [3.63, 3.8) is 0 Å². The average molecular weight is 248 g/mol. The van der Waals surface area contributed by atoms with Gasteiger partial charge in [0, 0.05) is 18.7 Å². The first-order valence-corrected chi connectivity index (χ1v) is 6.19. The van der Waals surface area contributed by atoms with Crippen LogP contribution < -0.4 is 0 Å². The lowest BCUT2D eigenvalue weighted by atomic mass is 10.2. The molecule has 2 fully saturated rings. The zero-order chi connectivity index (χ0) is 12.6. The first-order valence-electron chi connectivity index (χ1n) is 6.19. The largest absolute Gasteiger partial charge is 0.346 e. The van der Waals surface area contributed by atoms with Gasteiger partial charge in [-0.1, -0.05) is 6.07 Å². The van der Waals surface area contributed by atoms with Gasteiger partial charge in [-0.05, 0) is 19.1 Å². The Kier molecular flexibility index (Phi) is 2.80. The Balaban J connectivity index is 1.74. The van der Waals surface area contributed by atoms with Crippen molar-refractivity contribution in [1.82, 2.24) is 9.88 Å². The molecule has 96 valence electrons. The zero-order valence-corrected chi connectivity index (χ0v) is 10.4. The Labute approximate surface area is 106 Å². The molecular weight excluding hydrogens is 232 g/mol. The lowest BCUT2D eigenvalue weighted by Gasteiger charge is -2.22. The van der Waals surface area contributed by atoms with Crippen molar-refractivity contribution in [2.75, 3.05) is 26.3 Å². The summed E-state index contributed by atoms with van der Waals surface area (Å²) in [5, 5.41) is 0. The fraction of sp³-hybridized carbons (Fsp3) is 0.538. The number of carbonyl (C=O) groups is 1. The molecule has 0 bridgehead atoms. The first-order chi connectivity index (χ1) is 8.69. The van der Waals surface area contributed by atoms with Gasteiger partial charge in [0.15, 0.2) is 5.79 Å². The second-order valence-corrected chi connectivity index (χ2v) is 4.75. The van der Waals surface area contributed by atoms with E-state index in [2.05, 4.69) is 4.98 Å². The van der Waals surface area contributed by atoms with Gasteiger partial charge in [0.25, 0.3) is 5.91 Å². The summed E-state index contributed by atoms with van der Waals surface area (Å²) in [5.74, 6) is -0.603. The van der Waals surface area contributed by atoms with Crippen molar-refractivity contribution < 1.29 is 14.3 Å². The average Bonchev–Trinajstić information content (AvgIpc) is 3.00. The van der Waals surface area contributed by atoms with Gasteiger partial charge < -0.3 is 14.4 Å². The fourth-order valence-corrected chi connectivity index (χ4v) is 2.48. The van der Waals surface area contributed by atoms with Crippen molar-refractivity contribution in [2.45, 2.75) is 19.1 Å². The minimum Gasteiger partial charge on any atom is -0.346 e. The quantitative estimate of drug-likeness (QED) is 0.743. The maximum Gasteiger partial charge on any atom is 0.272 e. The molecule has 18 heavy (non-hydrogen) atoms. The monoisotopic (exact) mass is 248 g/mol. The number of amides is 1. The fourth-order valence-electron chi connectivity index (χ4n) is 2.48. The highest BCUT2D eigenvalue weighted by molar-refractivity contribution is 5.92. The highest BCUT2D eigenvalue weighted by Crippen LogP contribution is 2.30. The number of likely N-dealkylation sites (tertiary alicyclic amines) is 1. The molecule has 0 saturated carbocycles. The highest BCUT2D eigenvalue weighted by atomic mass is 16.7. The molecule has 1 amide bonds. The summed E-state index contributed by atoms with van der Waals surface area (Å²) in [7, 11) is 0. The van der Waals surface area contributed by atoms with E-state index in [9.17, 15) is 4.79 Å². The zero-order valence-electron chi connectivity index (χ0n) is 10.4. The summed E-state index contributed by atoms with van der Waals surface area (Å²) in [6, 6.07) is 5.48. The Morgan fingerprint density at radius 1 is 1.39 bits per heavy atom. The number of hydrogen-bond acceptors (Lipinski definition) is 4. The number of hydrogen-bond donors (Lipinski definition) is 0. The summed E-state index contributed by atoms with van der Waals surface area (Å²) in [6.07, 6.45) is 0.741. The van der Waals surface area contributed by atoms with E-state index in [1.165, 1.54) is 0 Å². The van der Waals surface area contributed by atoms with Crippen molar-refractivity contribution in [1.29, 1.82) is 0 Å². The molecule has 2 aliphatic heterocycles. The Hall–Kier alpha value is -1.46. The summed E-state index contributed by atoms with van der Waals surface area (Å²) in [6.45, 7) is 4.27. The van der Waals surface area contributed by atoms with Crippen molar-refractivity contribution in [2.24, 2.45) is 0 Å².